The Kier molecular flexibility index (Phi) is 12.1. The molecule has 1 aromatic heterocycles. The van der Waals surface area contributed by atoms with Crippen LogP contribution in [0.3, 0.4) is 0 Å². The average Bonchev–Trinajstić information content (AvgIpc) is 3.36. The molecule has 28 heavy (non-hydrogen) atoms. The highest BCUT2D eigenvalue weighted by Crippen LogP contribution is 2.32. The summed E-state index contributed by atoms with van der Waals surface area (Å²) in [4.78, 5) is 7.17. The topological polar surface area (TPSA) is 82.3 Å². The molecule has 0 aliphatic carbocycles. The lowest BCUT2D eigenvalue weighted by Gasteiger charge is -2.29. The molecule has 0 amide bonds. The van der Waals surface area contributed by atoms with Gasteiger partial charge in [0.15, 0.2) is 5.96 Å². The second-order valence-electron chi connectivity index (χ2n) is 7.10. The van der Waals surface area contributed by atoms with Gasteiger partial charge in [-0.2, -0.15) is 0 Å². The molecular weight excluding hydrogens is 471 g/mol. The molecule has 1 aromatic rings. The fraction of sp³-hybridized carbons (Fsp3) is 0.750. The minimum Gasteiger partial charge on any atom is -0.468 e. The van der Waals surface area contributed by atoms with Crippen LogP contribution in [0, 0.1) is 5.41 Å². The zero-order valence-corrected chi connectivity index (χ0v) is 19.8. The number of nitrogens with one attached hydrogen (secondary N) is 2. The van der Waals surface area contributed by atoms with E-state index in [1.165, 1.54) is 0 Å². The van der Waals surface area contributed by atoms with Crippen LogP contribution in [0.15, 0.2) is 27.8 Å². The van der Waals surface area contributed by atoms with Crippen molar-refractivity contribution in [2.24, 2.45) is 10.4 Å². The summed E-state index contributed by atoms with van der Waals surface area (Å²) in [6.07, 6.45) is 3.40. The van der Waals surface area contributed by atoms with Crippen molar-refractivity contribution in [2.75, 3.05) is 52.5 Å². The van der Waals surface area contributed by atoms with Gasteiger partial charge < -0.3 is 24.9 Å². The normalized spacial score (nSPS) is 20.8. The molecule has 8 heteroatoms. The molecule has 0 aromatic carbocycles. The van der Waals surface area contributed by atoms with Crippen LogP contribution in [0.1, 0.15) is 45.4 Å². The van der Waals surface area contributed by atoms with Crippen LogP contribution in [0.4, 0.5) is 0 Å². The standard InChI is InChI=1S/C20H36N4O3.HI/c1-4-21-19(23-15-20(9-11-25)10-13-26-16-20)22-14-17(24(5-2)6-3)18-8-7-12-27-18;/h7-8,12,17,25H,4-6,9-11,13-16H2,1-3H3,(H2,21,22,23);1H. The molecule has 7 nitrogen and oxygen atoms in total. The molecule has 0 bridgehead atoms. The number of aliphatic hydroxyl groups is 1. The van der Waals surface area contributed by atoms with Crippen LogP contribution in [0.5, 0.6) is 0 Å². The molecule has 1 aliphatic rings. The summed E-state index contributed by atoms with van der Waals surface area (Å²) >= 11 is 0. The summed E-state index contributed by atoms with van der Waals surface area (Å²) in [6, 6.07) is 4.12. The van der Waals surface area contributed by atoms with Gasteiger partial charge in [-0.3, -0.25) is 9.89 Å². The van der Waals surface area contributed by atoms with Crippen LogP contribution in [0.2, 0.25) is 0 Å². The van der Waals surface area contributed by atoms with Crippen LogP contribution in [-0.2, 0) is 4.74 Å². The zero-order valence-electron chi connectivity index (χ0n) is 17.4. The lowest BCUT2D eigenvalue weighted by Crippen LogP contribution is -2.43. The van der Waals surface area contributed by atoms with Crippen molar-refractivity contribution in [2.45, 2.75) is 39.7 Å². The minimum atomic E-state index is -0.0453. The number of nitrogens with zero attached hydrogens (tertiary/aromatic N) is 2. The largest absolute Gasteiger partial charge is 0.468 e. The van der Waals surface area contributed by atoms with Crippen LogP contribution < -0.4 is 10.6 Å². The Morgan fingerprint density at radius 1 is 1.32 bits per heavy atom. The first-order valence-electron chi connectivity index (χ1n) is 10.2. The van der Waals surface area contributed by atoms with Gasteiger partial charge in [0.05, 0.1) is 25.5 Å². The zero-order chi connectivity index (χ0) is 19.5. The van der Waals surface area contributed by atoms with Crippen molar-refractivity contribution in [3.05, 3.63) is 24.2 Å². The number of likely N-dealkylation sites (N-methyl/N-ethyl adjacent to an activating group) is 1. The molecule has 0 spiro atoms. The predicted molar refractivity (Wildman–Crippen MR) is 123 cm³/mol. The van der Waals surface area contributed by atoms with Crippen LogP contribution in [-0.4, -0.2) is 68.5 Å². The lowest BCUT2D eigenvalue weighted by atomic mass is 9.84. The van der Waals surface area contributed by atoms with Crippen molar-refractivity contribution in [3.63, 3.8) is 0 Å². The van der Waals surface area contributed by atoms with Crippen LogP contribution >= 0.6 is 24.0 Å². The van der Waals surface area contributed by atoms with Gasteiger partial charge >= 0.3 is 0 Å². The van der Waals surface area contributed by atoms with E-state index in [0.29, 0.717) is 19.7 Å². The van der Waals surface area contributed by atoms with E-state index in [1.807, 2.05) is 12.1 Å². The molecule has 0 saturated carbocycles. The number of aliphatic hydroxyl groups excluding tert-OH is 1. The summed E-state index contributed by atoms with van der Waals surface area (Å²) in [7, 11) is 0. The highest BCUT2D eigenvalue weighted by molar-refractivity contribution is 14.0. The van der Waals surface area contributed by atoms with Crippen molar-refractivity contribution in [1.82, 2.24) is 15.5 Å². The Morgan fingerprint density at radius 2 is 2.11 bits per heavy atom. The Labute approximate surface area is 186 Å². The number of furan rings is 1. The predicted octanol–water partition coefficient (Wildman–Crippen LogP) is 2.62. The Bertz CT molecular complexity index is 544. The van der Waals surface area contributed by atoms with E-state index in [9.17, 15) is 5.11 Å². The first kappa shape index (κ1) is 25.2. The van der Waals surface area contributed by atoms with Crippen molar-refractivity contribution < 1.29 is 14.3 Å². The second-order valence-corrected chi connectivity index (χ2v) is 7.10. The van der Waals surface area contributed by atoms with Gasteiger partial charge in [0.1, 0.15) is 5.76 Å². The Morgan fingerprint density at radius 3 is 2.64 bits per heavy atom. The number of guanidine groups is 1. The summed E-state index contributed by atoms with van der Waals surface area (Å²) in [5.74, 6) is 1.76. The fourth-order valence-electron chi connectivity index (χ4n) is 3.62. The first-order chi connectivity index (χ1) is 13.2. The average molecular weight is 508 g/mol. The summed E-state index contributed by atoms with van der Waals surface area (Å²) in [6.45, 7) is 12.1. The monoisotopic (exact) mass is 508 g/mol. The number of hydrogen-bond acceptors (Lipinski definition) is 5. The van der Waals surface area contributed by atoms with E-state index >= 15 is 0 Å². The van der Waals surface area contributed by atoms with Crippen LogP contribution in [0.25, 0.3) is 0 Å². The maximum absolute atomic E-state index is 9.41. The van der Waals surface area contributed by atoms with Gasteiger partial charge in [-0.1, -0.05) is 13.8 Å². The number of ether oxygens (including phenoxy) is 1. The second kappa shape index (κ2) is 13.4. The third-order valence-corrected chi connectivity index (χ3v) is 5.33. The maximum atomic E-state index is 9.41. The Hall–Kier alpha value is -0.840. The summed E-state index contributed by atoms with van der Waals surface area (Å²) in [5.41, 5.74) is -0.0453. The van der Waals surface area contributed by atoms with Gasteiger partial charge in [-0.15, -0.1) is 24.0 Å². The minimum absolute atomic E-state index is 0. The number of halogens is 1. The molecular formula is C20H37IN4O3. The Balaban J connectivity index is 0.00000392. The van der Waals surface area contributed by atoms with Crippen molar-refractivity contribution >= 4 is 29.9 Å². The third-order valence-electron chi connectivity index (χ3n) is 5.33. The van der Waals surface area contributed by atoms with Crippen molar-refractivity contribution in [3.8, 4) is 0 Å². The first-order valence-corrected chi connectivity index (χ1v) is 10.2. The molecule has 0 radical (unpaired) electrons. The van der Waals surface area contributed by atoms with E-state index in [0.717, 1.165) is 50.8 Å². The van der Waals surface area contributed by atoms with Gasteiger partial charge in [-0.25, -0.2) is 0 Å². The van der Waals surface area contributed by atoms with E-state index < -0.39 is 0 Å². The SMILES string of the molecule is CCNC(=NCC1(CCO)CCOC1)NCC(c1ccco1)N(CC)CC.I. The molecule has 2 rings (SSSR count). The molecule has 1 fully saturated rings. The molecule has 1 aliphatic heterocycles. The fourth-order valence-corrected chi connectivity index (χ4v) is 3.62. The van der Waals surface area contributed by atoms with E-state index in [1.54, 1.807) is 6.26 Å². The summed E-state index contributed by atoms with van der Waals surface area (Å²) < 4.78 is 11.2. The van der Waals surface area contributed by atoms with E-state index in [2.05, 4.69) is 36.3 Å². The highest BCUT2D eigenvalue weighted by Gasteiger charge is 2.34. The lowest BCUT2D eigenvalue weighted by molar-refractivity contribution is 0.131. The molecule has 2 atom stereocenters. The third kappa shape index (κ3) is 7.20. The molecule has 1 saturated heterocycles. The van der Waals surface area contributed by atoms with Gasteiger partial charge in [0.25, 0.3) is 0 Å². The van der Waals surface area contributed by atoms with E-state index in [-0.39, 0.29) is 42.0 Å². The quantitative estimate of drug-likeness (QED) is 0.242. The van der Waals surface area contributed by atoms with E-state index in [4.69, 9.17) is 14.1 Å². The smallest absolute Gasteiger partial charge is 0.191 e. The molecule has 162 valence electrons. The van der Waals surface area contributed by atoms with Gasteiger partial charge in [0.2, 0.25) is 0 Å². The van der Waals surface area contributed by atoms with Crippen molar-refractivity contribution in [1.29, 1.82) is 0 Å². The highest BCUT2D eigenvalue weighted by atomic mass is 127. The van der Waals surface area contributed by atoms with Gasteiger partial charge in [0, 0.05) is 31.7 Å². The van der Waals surface area contributed by atoms with Gasteiger partial charge in [-0.05, 0) is 45.0 Å². The maximum Gasteiger partial charge on any atom is 0.191 e. The molecule has 2 heterocycles. The number of rotatable bonds is 11. The number of hydrogen-bond donors (Lipinski definition) is 3. The molecule has 2 unspecified atom stereocenters. The number of aliphatic imine (C=N–C) groups is 1. The molecule has 3 N–H and O–H groups in total. The summed E-state index contributed by atoms with van der Waals surface area (Å²) in [5, 5.41) is 16.2.